The van der Waals surface area contributed by atoms with Crippen LogP contribution in [0.15, 0.2) is 12.5 Å². The van der Waals surface area contributed by atoms with Crippen molar-refractivity contribution in [1.29, 1.82) is 0 Å². The van der Waals surface area contributed by atoms with Crippen LogP contribution in [0.2, 0.25) is 0 Å². The van der Waals surface area contributed by atoms with E-state index < -0.39 is 6.04 Å². The summed E-state index contributed by atoms with van der Waals surface area (Å²) in [5.74, 6) is 0.486. The van der Waals surface area contributed by atoms with Crippen molar-refractivity contribution in [2.24, 2.45) is 5.92 Å². The number of nitrogens with zero attached hydrogens (tertiary/aromatic N) is 4. The number of aromatic nitrogens is 2. The lowest BCUT2D eigenvalue weighted by molar-refractivity contribution is -0.125. The van der Waals surface area contributed by atoms with Gasteiger partial charge in [-0.2, -0.15) is 0 Å². The fraction of sp³-hybridized carbons (Fsp3) is 0.760. The number of nitrogens with one attached hydrogen (secondary N) is 3. The molecular weight excluding hydrogens is 430 g/mol. The van der Waals surface area contributed by atoms with E-state index in [4.69, 9.17) is 6.57 Å². The molecule has 9 nitrogen and oxygen atoms in total. The van der Waals surface area contributed by atoms with Crippen LogP contribution >= 0.6 is 0 Å². The Balaban J connectivity index is 1.24. The fourth-order valence-corrected chi connectivity index (χ4v) is 5.57. The highest BCUT2D eigenvalue weighted by molar-refractivity contribution is 5.87. The Morgan fingerprint density at radius 1 is 1.15 bits per heavy atom. The summed E-state index contributed by atoms with van der Waals surface area (Å²) >= 11 is 0. The number of carbonyl (C=O) groups is 2. The lowest BCUT2D eigenvalue weighted by atomic mass is 9.86. The summed E-state index contributed by atoms with van der Waals surface area (Å²) in [4.78, 5) is 35.6. The maximum absolute atomic E-state index is 13.0. The van der Waals surface area contributed by atoms with Crippen LogP contribution < -0.4 is 16.0 Å². The van der Waals surface area contributed by atoms with E-state index in [1.807, 2.05) is 12.5 Å². The monoisotopic (exact) mass is 469 g/mol. The number of urea groups is 1. The Morgan fingerprint density at radius 2 is 1.94 bits per heavy atom. The highest BCUT2D eigenvalue weighted by Crippen LogP contribution is 2.27. The third-order valence-corrected chi connectivity index (χ3v) is 7.67. The number of amides is 3. The van der Waals surface area contributed by atoms with Gasteiger partial charge in [-0.25, -0.2) is 16.4 Å². The molecule has 1 aromatic heterocycles. The molecule has 1 saturated heterocycles. The zero-order valence-electron chi connectivity index (χ0n) is 20.2. The molecule has 0 bridgehead atoms. The van der Waals surface area contributed by atoms with E-state index in [1.54, 1.807) is 4.90 Å². The molecule has 1 aromatic rings. The third kappa shape index (κ3) is 6.50. The average molecular weight is 470 g/mol. The zero-order valence-corrected chi connectivity index (χ0v) is 20.2. The summed E-state index contributed by atoms with van der Waals surface area (Å²) < 4.78 is 2.20. The first kappa shape index (κ1) is 24.5. The van der Waals surface area contributed by atoms with Crippen molar-refractivity contribution in [3.63, 3.8) is 0 Å². The minimum Gasteiger partial charge on any atom is -0.354 e. The molecule has 2 aliphatic carbocycles. The van der Waals surface area contributed by atoms with E-state index in [1.165, 1.54) is 6.42 Å². The van der Waals surface area contributed by atoms with Gasteiger partial charge in [-0.05, 0) is 31.6 Å². The van der Waals surface area contributed by atoms with Crippen molar-refractivity contribution < 1.29 is 9.59 Å². The fourth-order valence-electron chi connectivity index (χ4n) is 5.57. The van der Waals surface area contributed by atoms with Crippen LogP contribution in [0, 0.1) is 12.5 Å². The number of imidazole rings is 1. The van der Waals surface area contributed by atoms with E-state index in [-0.39, 0.29) is 24.0 Å². The molecule has 0 radical (unpaired) electrons. The second-order valence-electron chi connectivity index (χ2n) is 10.1. The number of rotatable bonds is 7. The van der Waals surface area contributed by atoms with Gasteiger partial charge < -0.3 is 30.3 Å². The third-order valence-electron chi connectivity index (χ3n) is 7.67. The molecule has 3 aliphatic rings. The Bertz CT molecular complexity index is 850. The van der Waals surface area contributed by atoms with Crippen molar-refractivity contribution in [3.8, 4) is 0 Å². The molecule has 3 amide bonds. The Hall–Kier alpha value is -2.60. The molecule has 4 rings (SSSR count). The maximum Gasteiger partial charge on any atom is 0.318 e. The van der Waals surface area contributed by atoms with Gasteiger partial charge in [-0.15, -0.1) is 0 Å². The summed E-state index contributed by atoms with van der Waals surface area (Å²) in [5.41, 5.74) is 1.11. The molecule has 0 unspecified atom stereocenters. The lowest BCUT2D eigenvalue weighted by Crippen LogP contribution is -2.62. The van der Waals surface area contributed by atoms with Gasteiger partial charge in [-0.1, -0.05) is 19.3 Å². The molecule has 9 heteroatoms. The second kappa shape index (κ2) is 12.2. The van der Waals surface area contributed by atoms with E-state index in [2.05, 4.69) is 30.3 Å². The van der Waals surface area contributed by atoms with Crippen molar-refractivity contribution in [1.82, 2.24) is 30.4 Å². The van der Waals surface area contributed by atoms with Crippen LogP contribution in [0.3, 0.4) is 0 Å². The molecule has 34 heavy (non-hydrogen) atoms. The quantitative estimate of drug-likeness (QED) is 0.534. The molecule has 2 heterocycles. The number of hydrogen-bond acceptors (Lipinski definition) is 4. The minimum absolute atomic E-state index is 0.102. The van der Waals surface area contributed by atoms with E-state index >= 15 is 0 Å². The minimum atomic E-state index is -0.486. The normalized spacial score (nSPS) is 26.0. The molecule has 1 aliphatic heterocycles. The Kier molecular flexibility index (Phi) is 8.80. The van der Waals surface area contributed by atoms with Crippen LogP contribution in [-0.2, 0) is 17.8 Å². The first-order valence-electron chi connectivity index (χ1n) is 13.0. The highest BCUT2D eigenvalue weighted by Gasteiger charge is 2.33. The predicted molar refractivity (Wildman–Crippen MR) is 130 cm³/mol. The van der Waals surface area contributed by atoms with Gasteiger partial charge in [0.1, 0.15) is 6.04 Å². The summed E-state index contributed by atoms with van der Waals surface area (Å²) in [7, 11) is 0. The van der Waals surface area contributed by atoms with Crippen LogP contribution in [0.4, 0.5) is 4.79 Å². The second-order valence-corrected chi connectivity index (χ2v) is 10.1. The topological polar surface area (TPSA) is 95.7 Å². The van der Waals surface area contributed by atoms with Crippen LogP contribution in [0.5, 0.6) is 0 Å². The molecule has 1 atom stereocenters. The van der Waals surface area contributed by atoms with Crippen LogP contribution in [-0.4, -0.2) is 70.7 Å². The van der Waals surface area contributed by atoms with Crippen molar-refractivity contribution >= 4 is 11.9 Å². The van der Waals surface area contributed by atoms with Gasteiger partial charge in [-0.3, -0.25) is 4.79 Å². The average Bonchev–Trinajstić information content (AvgIpc) is 3.31. The molecular formula is C25H39N7O2. The standard InChI is InChI=1S/C25H39N7O2/c1-26-20-9-7-19(8-10-20)17-31-18-28-15-22(31)11-12-29-24(33)23-16-27-13-14-32(23)25(34)30-21-5-3-2-4-6-21/h15,18-21,23,27H,2-14,16-17H2,(H,29,33)(H,30,34)/t19?,20?,23-/m1/s1. The molecule has 0 spiro atoms. The number of carbonyl (C=O) groups excluding carboxylic acids is 2. The van der Waals surface area contributed by atoms with Crippen molar-refractivity contribution in [2.45, 2.75) is 88.9 Å². The first-order chi connectivity index (χ1) is 16.6. The number of hydrogen-bond donors (Lipinski definition) is 3. The van der Waals surface area contributed by atoms with Crippen molar-refractivity contribution in [3.05, 3.63) is 29.6 Å². The largest absolute Gasteiger partial charge is 0.354 e. The van der Waals surface area contributed by atoms with Gasteiger partial charge in [0.15, 0.2) is 0 Å². The summed E-state index contributed by atoms with van der Waals surface area (Å²) in [5, 5.41) is 9.46. The summed E-state index contributed by atoms with van der Waals surface area (Å²) in [6.07, 6.45) is 14.3. The molecule has 2 saturated carbocycles. The molecule has 186 valence electrons. The van der Waals surface area contributed by atoms with E-state index in [0.29, 0.717) is 38.5 Å². The predicted octanol–water partition coefficient (Wildman–Crippen LogP) is 2.34. The SMILES string of the molecule is [C-]#[N+]C1CCC(Cn2cncc2CCNC(=O)[C@H]2CNCCN2C(=O)NC2CCCCC2)CC1. The van der Waals surface area contributed by atoms with Crippen LogP contribution in [0.25, 0.3) is 4.85 Å². The van der Waals surface area contributed by atoms with Gasteiger partial charge in [0.25, 0.3) is 0 Å². The zero-order chi connectivity index (χ0) is 23.8. The van der Waals surface area contributed by atoms with Gasteiger partial charge in [0, 0.05) is 69.9 Å². The van der Waals surface area contributed by atoms with E-state index in [9.17, 15) is 9.59 Å². The smallest absolute Gasteiger partial charge is 0.318 e. The lowest BCUT2D eigenvalue weighted by Gasteiger charge is -2.36. The Morgan fingerprint density at radius 3 is 2.71 bits per heavy atom. The molecule has 3 fully saturated rings. The molecule has 3 N–H and O–H groups in total. The molecule has 0 aromatic carbocycles. The number of piperazine rings is 1. The Labute approximate surface area is 202 Å². The summed E-state index contributed by atoms with van der Waals surface area (Å²) in [6.45, 7) is 10.4. The van der Waals surface area contributed by atoms with Gasteiger partial charge in [0.05, 0.1) is 6.33 Å². The van der Waals surface area contributed by atoms with Crippen LogP contribution in [0.1, 0.15) is 63.5 Å². The van der Waals surface area contributed by atoms with Crippen molar-refractivity contribution in [2.75, 3.05) is 26.2 Å². The van der Waals surface area contributed by atoms with E-state index in [0.717, 1.165) is 63.6 Å². The maximum atomic E-state index is 13.0. The van der Waals surface area contributed by atoms with Gasteiger partial charge >= 0.3 is 6.03 Å². The van der Waals surface area contributed by atoms with Gasteiger partial charge in [0.2, 0.25) is 11.9 Å². The summed E-state index contributed by atoms with van der Waals surface area (Å²) in [6, 6.07) is -0.164. The first-order valence-corrected chi connectivity index (χ1v) is 13.0. The highest BCUT2D eigenvalue weighted by atomic mass is 16.2.